The quantitative estimate of drug-likeness (QED) is 0.729. The summed E-state index contributed by atoms with van der Waals surface area (Å²) in [6.45, 7) is 3.31. The van der Waals surface area contributed by atoms with E-state index in [1.165, 1.54) is 30.1 Å². The van der Waals surface area contributed by atoms with Crippen LogP contribution in [0.3, 0.4) is 0 Å². The Balaban J connectivity index is 2.08. The molecule has 0 amide bonds. The van der Waals surface area contributed by atoms with Gasteiger partial charge in [0.05, 0.1) is 5.69 Å². The van der Waals surface area contributed by atoms with E-state index in [2.05, 4.69) is 23.9 Å². The third-order valence-electron chi connectivity index (χ3n) is 3.44. The van der Waals surface area contributed by atoms with Gasteiger partial charge in [0.15, 0.2) is 0 Å². The first kappa shape index (κ1) is 8.48. The number of rotatable bonds is 1. The van der Waals surface area contributed by atoms with E-state index in [1.54, 1.807) is 0 Å². The summed E-state index contributed by atoms with van der Waals surface area (Å²) in [4.78, 5) is 4.79. The second-order valence-corrected chi connectivity index (χ2v) is 4.56. The minimum atomic E-state index is 0.442. The van der Waals surface area contributed by atoms with Gasteiger partial charge < -0.3 is 9.88 Å². The Bertz CT molecular complexity index is 363. The van der Waals surface area contributed by atoms with E-state index in [1.807, 2.05) is 0 Å². The van der Waals surface area contributed by atoms with E-state index in [0.717, 1.165) is 18.9 Å². The SMILES string of the molecule is C[C@@H]1NCCc2c1nc(C1CC1)n2C. The van der Waals surface area contributed by atoms with Crippen molar-refractivity contribution < 1.29 is 0 Å². The van der Waals surface area contributed by atoms with Gasteiger partial charge in [-0.2, -0.15) is 0 Å². The fraction of sp³-hybridized carbons (Fsp3) is 0.727. The summed E-state index contributed by atoms with van der Waals surface area (Å²) in [6.07, 6.45) is 3.81. The normalized spacial score (nSPS) is 26.3. The summed E-state index contributed by atoms with van der Waals surface area (Å²) < 4.78 is 2.34. The van der Waals surface area contributed by atoms with Gasteiger partial charge in [-0.25, -0.2) is 4.98 Å². The molecule has 1 aliphatic heterocycles. The van der Waals surface area contributed by atoms with Crippen molar-refractivity contribution in [3.63, 3.8) is 0 Å². The van der Waals surface area contributed by atoms with Crippen molar-refractivity contribution >= 4 is 0 Å². The molecule has 14 heavy (non-hydrogen) atoms. The maximum atomic E-state index is 4.79. The van der Waals surface area contributed by atoms with E-state index < -0.39 is 0 Å². The molecule has 0 spiro atoms. The minimum absolute atomic E-state index is 0.442. The molecule has 1 atom stereocenters. The van der Waals surface area contributed by atoms with E-state index in [4.69, 9.17) is 4.98 Å². The van der Waals surface area contributed by atoms with Crippen LogP contribution in [0.4, 0.5) is 0 Å². The maximum Gasteiger partial charge on any atom is 0.112 e. The number of nitrogens with zero attached hydrogens (tertiary/aromatic N) is 2. The summed E-state index contributed by atoms with van der Waals surface area (Å²) in [5.41, 5.74) is 2.75. The molecule has 0 bridgehead atoms. The van der Waals surface area contributed by atoms with Gasteiger partial charge in [-0.15, -0.1) is 0 Å². The number of nitrogens with one attached hydrogen (secondary N) is 1. The largest absolute Gasteiger partial charge is 0.334 e. The van der Waals surface area contributed by atoms with Crippen LogP contribution in [0.1, 0.15) is 48.9 Å². The van der Waals surface area contributed by atoms with Gasteiger partial charge in [0.1, 0.15) is 5.82 Å². The first-order chi connectivity index (χ1) is 6.77. The lowest BCUT2D eigenvalue weighted by atomic mass is 10.1. The number of hydrogen-bond donors (Lipinski definition) is 1. The van der Waals surface area contributed by atoms with E-state index in [-0.39, 0.29) is 0 Å². The maximum absolute atomic E-state index is 4.79. The van der Waals surface area contributed by atoms with Gasteiger partial charge in [-0.05, 0) is 19.8 Å². The average Bonchev–Trinajstić information content (AvgIpc) is 2.94. The Labute approximate surface area is 84.5 Å². The molecule has 1 N–H and O–H groups in total. The Morgan fingerprint density at radius 3 is 2.86 bits per heavy atom. The molecule has 1 aliphatic carbocycles. The van der Waals surface area contributed by atoms with Crippen LogP contribution >= 0.6 is 0 Å². The van der Waals surface area contributed by atoms with E-state index in [9.17, 15) is 0 Å². The van der Waals surface area contributed by atoms with Crippen LogP contribution in [-0.4, -0.2) is 16.1 Å². The monoisotopic (exact) mass is 191 g/mol. The minimum Gasteiger partial charge on any atom is -0.334 e. The van der Waals surface area contributed by atoms with Gasteiger partial charge in [0.2, 0.25) is 0 Å². The fourth-order valence-electron chi connectivity index (χ4n) is 2.43. The molecule has 3 nitrogen and oxygen atoms in total. The summed E-state index contributed by atoms with van der Waals surface area (Å²) in [6, 6.07) is 0.442. The Kier molecular flexibility index (Phi) is 1.71. The smallest absolute Gasteiger partial charge is 0.112 e. The second kappa shape index (κ2) is 2.83. The average molecular weight is 191 g/mol. The van der Waals surface area contributed by atoms with Crippen molar-refractivity contribution in [2.45, 2.75) is 38.1 Å². The molecule has 3 heteroatoms. The van der Waals surface area contributed by atoms with Gasteiger partial charge >= 0.3 is 0 Å². The lowest BCUT2D eigenvalue weighted by molar-refractivity contribution is 0.519. The zero-order chi connectivity index (χ0) is 9.71. The molecular weight excluding hydrogens is 174 g/mol. The van der Waals surface area contributed by atoms with Crippen molar-refractivity contribution in [2.24, 2.45) is 7.05 Å². The molecule has 1 aromatic heterocycles. The van der Waals surface area contributed by atoms with Crippen LogP contribution < -0.4 is 5.32 Å². The van der Waals surface area contributed by atoms with Crippen molar-refractivity contribution in [3.05, 3.63) is 17.2 Å². The number of aromatic nitrogens is 2. The second-order valence-electron chi connectivity index (χ2n) is 4.56. The van der Waals surface area contributed by atoms with Crippen molar-refractivity contribution in [2.75, 3.05) is 6.54 Å². The Morgan fingerprint density at radius 1 is 1.43 bits per heavy atom. The van der Waals surface area contributed by atoms with Gasteiger partial charge in [0, 0.05) is 37.7 Å². The number of fused-ring (bicyclic) bond motifs is 1. The molecule has 1 fully saturated rings. The number of imidazole rings is 1. The summed E-state index contributed by atoms with van der Waals surface area (Å²) >= 11 is 0. The highest BCUT2D eigenvalue weighted by Crippen LogP contribution is 2.40. The lowest BCUT2D eigenvalue weighted by Gasteiger charge is -2.19. The topological polar surface area (TPSA) is 29.9 Å². The van der Waals surface area contributed by atoms with Crippen molar-refractivity contribution in [1.82, 2.24) is 14.9 Å². The van der Waals surface area contributed by atoms with Crippen LogP contribution in [0.5, 0.6) is 0 Å². The zero-order valence-corrected chi connectivity index (χ0v) is 8.88. The molecule has 0 aromatic carbocycles. The summed E-state index contributed by atoms with van der Waals surface area (Å²) in [5.74, 6) is 2.09. The molecule has 76 valence electrons. The third kappa shape index (κ3) is 1.12. The highest BCUT2D eigenvalue weighted by molar-refractivity contribution is 5.26. The predicted octanol–water partition coefficient (Wildman–Crippen LogP) is 1.50. The van der Waals surface area contributed by atoms with Crippen LogP contribution in [0.2, 0.25) is 0 Å². The van der Waals surface area contributed by atoms with Crippen LogP contribution in [-0.2, 0) is 13.5 Å². The molecule has 0 unspecified atom stereocenters. The van der Waals surface area contributed by atoms with Crippen LogP contribution in [0.15, 0.2) is 0 Å². The summed E-state index contributed by atoms with van der Waals surface area (Å²) in [7, 11) is 2.18. The van der Waals surface area contributed by atoms with Gasteiger partial charge in [-0.3, -0.25) is 0 Å². The van der Waals surface area contributed by atoms with Crippen LogP contribution in [0.25, 0.3) is 0 Å². The first-order valence-corrected chi connectivity index (χ1v) is 5.56. The molecule has 0 radical (unpaired) electrons. The molecule has 2 aliphatic rings. The predicted molar refractivity (Wildman–Crippen MR) is 55.3 cm³/mol. The molecular formula is C11H17N3. The first-order valence-electron chi connectivity index (χ1n) is 5.56. The molecule has 3 rings (SSSR count). The zero-order valence-electron chi connectivity index (χ0n) is 8.88. The van der Waals surface area contributed by atoms with Crippen LogP contribution in [0, 0.1) is 0 Å². The Hall–Kier alpha value is -0.830. The molecule has 0 saturated heterocycles. The highest BCUT2D eigenvalue weighted by atomic mass is 15.1. The van der Waals surface area contributed by atoms with Gasteiger partial charge in [-0.1, -0.05) is 0 Å². The molecule has 2 heterocycles. The van der Waals surface area contributed by atoms with E-state index >= 15 is 0 Å². The number of hydrogen-bond acceptors (Lipinski definition) is 2. The van der Waals surface area contributed by atoms with Crippen molar-refractivity contribution in [1.29, 1.82) is 0 Å². The van der Waals surface area contributed by atoms with Gasteiger partial charge in [0.25, 0.3) is 0 Å². The Morgan fingerprint density at radius 2 is 2.21 bits per heavy atom. The standard InChI is InChI=1S/C11H17N3/c1-7-10-9(5-6-12-7)14(2)11(13-10)8-3-4-8/h7-8,12H,3-6H2,1-2H3/t7-/m0/s1. The summed E-state index contributed by atoms with van der Waals surface area (Å²) in [5, 5.41) is 3.46. The molecule has 1 saturated carbocycles. The third-order valence-corrected chi connectivity index (χ3v) is 3.44. The van der Waals surface area contributed by atoms with Crippen molar-refractivity contribution in [3.8, 4) is 0 Å². The molecule has 1 aromatic rings. The van der Waals surface area contributed by atoms with E-state index in [0.29, 0.717) is 6.04 Å². The fourth-order valence-corrected chi connectivity index (χ4v) is 2.43. The lowest BCUT2D eigenvalue weighted by Crippen LogP contribution is -2.28. The highest BCUT2D eigenvalue weighted by Gasteiger charge is 2.31.